The molecular formula is C33H27ClN2O7. The molecule has 4 aromatic carbocycles. The van der Waals surface area contributed by atoms with Gasteiger partial charge < -0.3 is 14.2 Å². The van der Waals surface area contributed by atoms with E-state index in [4.69, 9.17) is 21.1 Å². The van der Waals surface area contributed by atoms with Crippen LogP contribution in [0.15, 0.2) is 78.4 Å². The number of rotatable bonds is 8. The molecule has 0 saturated carbocycles. The number of methoxy groups -OCH3 is 1. The Balaban J connectivity index is 1.45. The van der Waals surface area contributed by atoms with E-state index >= 15 is 0 Å². The first-order valence-corrected chi connectivity index (χ1v) is 13.8. The van der Waals surface area contributed by atoms with Gasteiger partial charge in [-0.05, 0) is 78.2 Å². The molecule has 218 valence electrons. The van der Waals surface area contributed by atoms with Gasteiger partial charge >= 0.3 is 12.0 Å². The van der Waals surface area contributed by atoms with Gasteiger partial charge in [0.15, 0.2) is 11.5 Å². The molecule has 4 amide bonds. The van der Waals surface area contributed by atoms with Crippen molar-refractivity contribution in [3.63, 3.8) is 0 Å². The van der Waals surface area contributed by atoms with Gasteiger partial charge in [-0.2, -0.15) is 0 Å². The Hall–Kier alpha value is -5.15. The number of carbonyl (C=O) groups is 4. The lowest BCUT2D eigenvalue weighted by atomic mass is 10.0. The molecule has 1 saturated heterocycles. The molecule has 1 N–H and O–H groups in total. The van der Waals surface area contributed by atoms with Crippen LogP contribution < -0.4 is 19.7 Å². The highest BCUT2D eigenvalue weighted by Crippen LogP contribution is 2.39. The highest BCUT2D eigenvalue weighted by atomic mass is 35.5. The van der Waals surface area contributed by atoms with Crippen LogP contribution in [0.2, 0.25) is 5.02 Å². The number of carbonyl (C=O) groups excluding carboxylic acids is 4. The molecular weight excluding hydrogens is 572 g/mol. The largest absolute Gasteiger partial charge is 0.490 e. The number of benzene rings is 4. The number of nitrogens with one attached hydrogen (secondary N) is 1. The van der Waals surface area contributed by atoms with Crippen molar-refractivity contribution >= 4 is 58.0 Å². The zero-order valence-electron chi connectivity index (χ0n) is 23.6. The SMILES string of the molecule is CCOc1cc(/C=C2\C(=O)NC(=O)N(c3ccc(C(=O)OC)cc3)C2=O)cc(Cl)c1OCc1c(C)ccc2ccccc12. The maximum Gasteiger partial charge on any atom is 0.337 e. The van der Waals surface area contributed by atoms with Gasteiger partial charge in [0.25, 0.3) is 11.8 Å². The van der Waals surface area contributed by atoms with Crippen molar-refractivity contribution in [3.8, 4) is 11.5 Å². The third-order valence-electron chi connectivity index (χ3n) is 6.93. The van der Waals surface area contributed by atoms with Gasteiger partial charge in [0, 0.05) is 5.56 Å². The molecule has 1 heterocycles. The lowest BCUT2D eigenvalue weighted by Gasteiger charge is -2.26. The van der Waals surface area contributed by atoms with Crippen LogP contribution in [-0.4, -0.2) is 37.5 Å². The zero-order valence-corrected chi connectivity index (χ0v) is 24.4. The highest BCUT2D eigenvalue weighted by Gasteiger charge is 2.37. The topological polar surface area (TPSA) is 111 Å². The number of imide groups is 2. The van der Waals surface area contributed by atoms with Crippen molar-refractivity contribution in [1.82, 2.24) is 5.32 Å². The van der Waals surface area contributed by atoms with E-state index in [2.05, 4.69) is 16.1 Å². The van der Waals surface area contributed by atoms with Crippen LogP contribution in [0, 0.1) is 6.92 Å². The number of barbiturate groups is 1. The van der Waals surface area contributed by atoms with Gasteiger partial charge in [-0.25, -0.2) is 14.5 Å². The summed E-state index contributed by atoms with van der Waals surface area (Å²) in [6.07, 6.45) is 1.33. The molecule has 0 radical (unpaired) electrons. The molecule has 0 aromatic heterocycles. The van der Waals surface area contributed by atoms with Gasteiger partial charge in [-0.1, -0.05) is 48.0 Å². The highest BCUT2D eigenvalue weighted by molar-refractivity contribution is 6.39. The van der Waals surface area contributed by atoms with Crippen LogP contribution in [0.1, 0.15) is 34.0 Å². The number of halogens is 1. The molecule has 10 heteroatoms. The number of nitrogens with zero attached hydrogens (tertiary/aromatic N) is 1. The number of amides is 4. The number of urea groups is 1. The lowest BCUT2D eigenvalue weighted by molar-refractivity contribution is -0.122. The first kappa shape index (κ1) is 29.3. The van der Waals surface area contributed by atoms with Crippen LogP contribution in [0.4, 0.5) is 10.5 Å². The molecule has 9 nitrogen and oxygen atoms in total. The Labute approximate surface area is 252 Å². The number of anilines is 1. The van der Waals surface area contributed by atoms with E-state index in [1.807, 2.05) is 44.2 Å². The molecule has 43 heavy (non-hydrogen) atoms. The summed E-state index contributed by atoms with van der Waals surface area (Å²) < 4.78 is 16.7. The summed E-state index contributed by atoms with van der Waals surface area (Å²) in [7, 11) is 1.24. The molecule has 0 unspecified atom stereocenters. The van der Waals surface area contributed by atoms with Crippen molar-refractivity contribution in [2.24, 2.45) is 0 Å². The van der Waals surface area contributed by atoms with E-state index < -0.39 is 23.8 Å². The van der Waals surface area contributed by atoms with Crippen molar-refractivity contribution < 1.29 is 33.4 Å². The fourth-order valence-corrected chi connectivity index (χ4v) is 5.05. The van der Waals surface area contributed by atoms with E-state index in [0.717, 1.165) is 26.8 Å². The maximum atomic E-state index is 13.4. The monoisotopic (exact) mass is 598 g/mol. The summed E-state index contributed by atoms with van der Waals surface area (Å²) in [6.45, 7) is 4.37. The summed E-state index contributed by atoms with van der Waals surface area (Å²) >= 11 is 6.66. The Bertz CT molecular complexity index is 1800. The average Bonchev–Trinajstić information content (AvgIpc) is 2.99. The average molecular weight is 599 g/mol. The molecule has 4 aromatic rings. The molecule has 0 bridgehead atoms. The summed E-state index contributed by atoms with van der Waals surface area (Å²) in [5.41, 5.74) is 2.56. The first-order valence-electron chi connectivity index (χ1n) is 13.4. The number of hydrogen-bond donors (Lipinski definition) is 1. The molecule has 0 aliphatic carbocycles. The summed E-state index contributed by atoms with van der Waals surface area (Å²) in [5.74, 6) is -1.63. The van der Waals surface area contributed by atoms with Crippen molar-refractivity contribution in [3.05, 3.63) is 106 Å². The van der Waals surface area contributed by atoms with Crippen LogP contribution in [-0.2, 0) is 20.9 Å². The van der Waals surface area contributed by atoms with Gasteiger partial charge in [0.1, 0.15) is 12.2 Å². The standard InChI is InChI=1S/C33H27ClN2O7/c1-4-42-28-17-20(16-27(34)29(28)43-18-26-19(2)9-10-21-7-5-6-8-24(21)26)15-25-30(37)35-33(40)36(31(25)38)23-13-11-22(12-14-23)32(39)41-3/h5-17H,4,18H2,1-3H3,(H,35,37,40)/b25-15+. The third kappa shape index (κ3) is 5.93. The van der Waals surface area contributed by atoms with E-state index in [9.17, 15) is 19.2 Å². The Morgan fingerprint density at radius 3 is 2.44 bits per heavy atom. The second-order valence-electron chi connectivity index (χ2n) is 9.63. The van der Waals surface area contributed by atoms with E-state index in [1.165, 1.54) is 37.5 Å². The van der Waals surface area contributed by atoms with Crippen LogP contribution in [0.3, 0.4) is 0 Å². The number of aryl methyl sites for hydroxylation is 1. The molecule has 0 atom stereocenters. The fraction of sp³-hybridized carbons (Fsp3) is 0.152. The van der Waals surface area contributed by atoms with E-state index in [1.54, 1.807) is 12.1 Å². The van der Waals surface area contributed by atoms with Crippen molar-refractivity contribution in [2.75, 3.05) is 18.6 Å². The van der Waals surface area contributed by atoms with E-state index in [-0.39, 0.29) is 28.5 Å². The lowest BCUT2D eigenvalue weighted by Crippen LogP contribution is -2.54. The Morgan fingerprint density at radius 2 is 1.72 bits per heavy atom. The van der Waals surface area contributed by atoms with Gasteiger partial charge in [0.05, 0.1) is 30.0 Å². The minimum absolute atomic E-state index is 0.161. The first-order chi connectivity index (χ1) is 20.7. The maximum absolute atomic E-state index is 13.4. The molecule has 1 fully saturated rings. The second kappa shape index (κ2) is 12.4. The van der Waals surface area contributed by atoms with Crippen LogP contribution in [0.25, 0.3) is 16.8 Å². The minimum atomic E-state index is -0.918. The summed E-state index contributed by atoms with van der Waals surface area (Å²) in [4.78, 5) is 51.3. The van der Waals surface area contributed by atoms with Crippen molar-refractivity contribution in [2.45, 2.75) is 20.5 Å². The van der Waals surface area contributed by atoms with Gasteiger partial charge in [-0.3, -0.25) is 14.9 Å². The molecule has 1 aliphatic rings. The zero-order chi connectivity index (χ0) is 30.7. The second-order valence-corrected chi connectivity index (χ2v) is 10.0. The fourth-order valence-electron chi connectivity index (χ4n) is 4.78. The predicted molar refractivity (Wildman–Crippen MR) is 162 cm³/mol. The smallest absolute Gasteiger partial charge is 0.337 e. The minimum Gasteiger partial charge on any atom is -0.490 e. The van der Waals surface area contributed by atoms with E-state index in [0.29, 0.717) is 23.7 Å². The third-order valence-corrected chi connectivity index (χ3v) is 7.21. The summed E-state index contributed by atoms with van der Waals surface area (Å²) in [6, 6.07) is 20.0. The summed E-state index contributed by atoms with van der Waals surface area (Å²) in [5, 5.41) is 4.55. The number of ether oxygens (including phenoxy) is 3. The van der Waals surface area contributed by atoms with Gasteiger partial charge in [0.2, 0.25) is 0 Å². The quantitative estimate of drug-likeness (QED) is 0.145. The number of fused-ring (bicyclic) bond motifs is 1. The molecule has 1 aliphatic heterocycles. The van der Waals surface area contributed by atoms with Crippen molar-refractivity contribution in [1.29, 1.82) is 0 Å². The number of hydrogen-bond acceptors (Lipinski definition) is 7. The van der Waals surface area contributed by atoms with Gasteiger partial charge in [-0.15, -0.1) is 0 Å². The molecule has 0 spiro atoms. The predicted octanol–water partition coefficient (Wildman–Crippen LogP) is 6.23. The van der Waals surface area contributed by atoms with Crippen LogP contribution >= 0.6 is 11.6 Å². The van der Waals surface area contributed by atoms with Crippen LogP contribution in [0.5, 0.6) is 11.5 Å². The Kier molecular flexibility index (Phi) is 8.45. The molecule has 5 rings (SSSR count). The normalized spacial score (nSPS) is 14.2. The number of esters is 1. The Morgan fingerprint density at radius 1 is 0.977 bits per heavy atom.